The van der Waals surface area contributed by atoms with Crippen molar-refractivity contribution in [1.29, 1.82) is 0 Å². The number of hydrogen-bond donors (Lipinski definition) is 2. The maximum atomic E-state index is 12.8. The fourth-order valence-corrected chi connectivity index (χ4v) is 3.07. The number of carbonyl (C=O) groups excluding carboxylic acids is 2. The Labute approximate surface area is 186 Å². The summed E-state index contributed by atoms with van der Waals surface area (Å²) in [5.74, 6) is 0.537. The highest BCUT2D eigenvalue weighted by Gasteiger charge is 2.26. The Morgan fingerprint density at radius 1 is 1.12 bits per heavy atom. The second-order valence-corrected chi connectivity index (χ2v) is 7.42. The number of pyridine rings is 1. The van der Waals surface area contributed by atoms with Gasteiger partial charge in [-0.05, 0) is 35.7 Å². The lowest BCUT2D eigenvalue weighted by Crippen LogP contribution is -2.49. The third kappa shape index (κ3) is 5.42. The van der Waals surface area contributed by atoms with Gasteiger partial charge < -0.3 is 24.6 Å². The van der Waals surface area contributed by atoms with Gasteiger partial charge in [-0.25, -0.2) is 0 Å². The van der Waals surface area contributed by atoms with Crippen LogP contribution in [0.15, 0.2) is 53.3 Å². The van der Waals surface area contributed by atoms with Crippen LogP contribution in [-0.2, 0) is 11.3 Å². The highest BCUT2D eigenvalue weighted by Crippen LogP contribution is 2.33. The summed E-state index contributed by atoms with van der Waals surface area (Å²) < 4.78 is 16.0. The normalized spacial score (nSPS) is 11.7. The van der Waals surface area contributed by atoms with Crippen molar-refractivity contribution >= 4 is 11.8 Å². The first-order valence-corrected chi connectivity index (χ1v) is 10.1. The van der Waals surface area contributed by atoms with E-state index in [0.717, 1.165) is 5.56 Å². The molecule has 2 N–H and O–H groups in total. The molecule has 1 aromatic carbocycles. The average molecular weight is 438 g/mol. The van der Waals surface area contributed by atoms with E-state index in [2.05, 4.69) is 20.8 Å². The topological polar surface area (TPSA) is 116 Å². The summed E-state index contributed by atoms with van der Waals surface area (Å²) >= 11 is 0. The molecule has 0 saturated heterocycles. The zero-order chi connectivity index (χ0) is 23.1. The van der Waals surface area contributed by atoms with E-state index in [-0.39, 0.29) is 17.5 Å². The number of carbonyl (C=O) groups is 2. The Kier molecular flexibility index (Phi) is 7.43. The summed E-state index contributed by atoms with van der Waals surface area (Å²) in [4.78, 5) is 29.5. The van der Waals surface area contributed by atoms with Crippen molar-refractivity contribution < 1.29 is 23.6 Å². The number of amides is 2. The number of nitrogens with zero attached hydrogens (tertiary/aromatic N) is 2. The Morgan fingerprint density at radius 3 is 2.59 bits per heavy atom. The lowest BCUT2D eigenvalue weighted by molar-refractivity contribution is -0.124. The zero-order valence-electron chi connectivity index (χ0n) is 18.4. The van der Waals surface area contributed by atoms with Crippen LogP contribution in [0.3, 0.4) is 0 Å². The van der Waals surface area contributed by atoms with Crippen LogP contribution in [0.1, 0.15) is 29.9 Å². The van der Waals surface area contributed by atoms with E-state index in [1.807, 2.05) is 19.9 Å². The minimum absolute atomic E-state index is 0.0515. The van der Waals surface area contributed by atoms with Crippen LogP contribution in [0.5, 0.6) is 11.5 Å². The summed E-state index contributed by atoms with van der Waals surface area (Å²) in [6.45, 7) is 4.02. The molecule has 1 atom stereocenters. The van der Waals surface area contributed by atoms with Gasteiger partial charge in [0.2, 0.25) is 5.91 Å². The minimum atomic E-state index is -0.745. The van der Waals surface area contributed by atoms with Crippen LogP contribution < -0.4 is 20.1 Å². The van der Waals surface area contributed by atoms with E-state index in [4.69, 9.17) is 14.0 Å². The number of benzene rings is 1. The van der Waals surface area contributed by atoms with Crippen molar-refractivity contribution in [3.63, 3.8) is 0 Å². The second-order valence-electron chi connectivity index (χ2n) is 7.42. The lowest BCUT2D eigenvalue weighted by Gasteiger charge is -2.21. The van der Waals surface area contributed by atoms with Gasteiger partial charge >= 0.3 is 0 Å². The monoisotopic (exact) mass is 438 g/mol. The number of ether oxygens (including phenoxy) is 2. The van der Waals surface area contributed by atoms with Crippen molar-refractivity contribution in [1.82, 2.24) is 20.8 Å². The van der Waals surface area contributed by atoms with Gasteiger partial charge in [0.05, 0.1) is 19.8 Å². The summed E-state index contributed by atoms with van der Waals surface area (Å²) in [6.07, 6.45) is 3.34. The molecule has 0 aliphatic rings. The quantitative estimate of drug-likeness (QED) is 0.528. The first-order chi connectivity index (χ1) is 15.4. The molecule has 9 nitrogen and oxygen atoms in total. The van der Waals surface area contributed by atoms with Crippen LogP contribution in [0, 0.1) is 5.92 Å². The van der Waals surface area contributed by atoms with Gasteiger partial charge in [0.1, 0.15) is 17.5 Å². The number of nitrogens with one attached hydrogen (secondary N) is 2. The maximum absolute atomic E-state index is 12.8. The van der Waals surface area contributed by atoms with Crippen LogP contribution in [-0.4, -0.2) is 42.2 Å². The van der Waals surface area contributed by atoms with Gasteiger partial charge in [0.25, 0.3) is 5.91 Å². The number of rotatable bonds is 9. The summed E-state index contributed by atoms with van der Waals surface area (Å²) in [7, 11) is 3.09. The molecule has 3 aromatic rings. The van der Waals surface area contributed by atoms with Gasteiger partial charge in [-0.15, -0.1) is 0 Å². The van der Waals surface area contributed by atoms with Crippen molar-refractivity contribution in [3.05, 3.63) is 60.0 Å². The summed E-state index contributed by atoms with van der Waals surface area (Å²) in [5, 5.41) is 9.43. The van der Waals surface area contributed by atoms with Crippen LogP contribution in [0.4, 0.5) is 0 Å². The molecule has 0 aliphatic heterocycles. The maximum Gasteiger partial charge on any atom is 0.274 e. The Hall–Kier alpha value is -3.88. The van der Waals surface area contributed by atoms with Gasteiger partial charge in [0.15, 0.2) is 11.5 Å². The van der Waals surface area contributed by atoms with Gasteiger partial charge in [0, 0.05) is 25.0 Å². The molecule has 1 unspecified atom stereocenters. The highest BCUT2D eigenvalue weighted by molar-refractivity contribution is 5.96. The first kappa shape index (κ1) is 22.8. The van der Waals surface area contributed by atoms with E-state index >= 15 is 0 Å². The molecular weight excluding hydrogens is 412 g/mol. The lowest BCUT2D eigenvalue weighted by atomic mass is 10.0. The van der Waals surface area contributed by atoms with E-state index in [9.17, 15) is 9.59 Å². The van der Waals surface area contributed by atoms with E-state index in [1.54, 1.807) is 43.8 Å². The third-order valence-electron chi connectivity index (χ3n) is 4.84. The number of methoxy groups -OCH3 is 2. The van der Waals surface area contributed by atoms with E-state index < -0.39 is 11.9 Å². The molecule has 0 spiro atoms. The molecule has 0 radical (unpaired) electrons. The van der Waals surface area contributed by atoms with E-state index in [0.29, 0.717) is 29.4 Å². The largest absolute Gasteiger partial charge is 0.497 e. The van der Waals surface area contributed by atoms with Crippen molar-refractivity contribution in [3.8, 4) is 22.8 Å². The molecule has 32 heavy (non-hydrogen) atoms. The Balaban J connectivity index is 1.71. The molecule has 0 fully saturated rings. The average Bonchev–Trinajstić information content (AvgIpc) is 3.31. The van der Waals surface area contributed by atoms with Crippen LogP contribution >= 0.6 is 0 Å². The van der Waals surface area contributed by atoms with Crippen molar-refractivity contribution in [2.24, 2.45) is 5.92 Å². The molecule has 2 amide bonds. The van der Waals surface area contributed by atoms with Crippen molar-refractivity contribution in [2.45, 2.75) is 26.4 Å². The Bertz CT molecular complexity index is 1070. The molecule has 2 aromatic heterocycles. The minimum Gasteiger partial charge on any atom is -0.497 e. The predicted octanol–water partition coefficient (Wildman–Crippen LogP) is 2.82. The third-order valence-corrected chi connectivity index (χ3v) is 4.84. The Morgan fingerprint density at radius 2 is 1.94 bits per heavy atom. The summed E-state index contributed by atoms with van der Waals surface area (Å²) in [6, 6.07) is 9.62. The van der Waals surface area contributed by atoms with Crippen molar-refractivity contribution in [2.75, 3.05) is 14.2 Å². The SMILES string of the molecule is COc1ccc(OC)c(-c2cc(C(=O)NC(C(=O)NCc3cccnc3)C(C)C)no2)c1. The smallest absolute Gasteiger partial charge is 0.274 e. The van der Waals surface area contributed by atoms with Crippen LogP contribution in [0.25, 0.3) is 11.3 Å². The van der Waals surface area contributed by atoms with Gasteiger partial charge in [-0.1, -0.05) is 25.1 Å². The fourth-order valence-electron chi connectivity index (χ4n) is 3.07. The van der Waals surface area contributed by atoms with Gasteiger partial charge in [-0.2, -0.15) is 0 Å². The molecule has 0 saturated carbocycles. The molecule has 168 valence electrons. The molecule has 0 aliphatic carbocycles. The standard InChI is InChI=1S/C23H26N4O5/c1-14(2)21(23(29)25-13-15-6-5-9-24-12-15)26-22(28)18-11-20(32-27-18)17-10-16(30-3)7-8-19(17)31-4/h5-12,14,21H,13H2,1-4H3,(H,25,29)(H,26,28). The zero-order valence-corrected chi connectivity index (χ0v) is 18.4. The molecular formula is C23H26N4O5. The van der Waals surface area contributed by atoms with Gasteiger partial charge in [-0.3, -0.25) is 14.6 Å². The van der Waals surface area contributed by atoms with Crippen LogP contribution in [0.2, 0.25) is 0 Å². The fraction of sp³-hybridized carbons (Fsp3) is 0.304. The molecule has 0 bridgehead atoms. The number of aromatic nitrogens is 2. The number of hydrogen-bond acceptors (Lipinski definition) is 7. The first-order valence-electron chi connectivity index (χ1n) is 10.1. The molecule has 2 heterocycles. The molecule has 3 rings (SSSR count). The second kappa shape index (κ2) is 10.4. The molecule has 9 heteroatoms. The summed E-state index contributed by atoms with van der Waals surface area (Å²) in [5.41, 5.74) is 1.51. The predicted molar refractivity (Wildman–Crippen MR) is 117 cm³/mol. The van der Waals surface area contributed by atoms with E-state index in [1.165, 1.54) is 13.2 Å². The highest BCUT2D eigenvalue weighted by atomic mass is 16.5.